The molecule has 0 radical (unpaired) electrons. The van der Waals surface area contributed by atoms with Crippen molar-refractivity contribution in [1.29, 1.82) is 0 Å². The molecule has 7 nitrogen and oxygen atoms in total. The van der Waals surface area contributed by atoms with Crippen LogP contribution >= 0.6 is 0 Å². The SMILES string of the molecule is C[C@H]1CCCC[C@]12NC(=O)N(CN1CCC(C(N)=O)CC1)C2=O. The van der Waals surface area contributed by atoms with Crippen LogP contribution in [0.25, 0.3) is 0 Å². The first-order valence-corrected chi connectivity index (χ1v) is 8.60. The Morgan fingerprint density at radius 2 is 1.96 bits per heavy atom. The fourth-order valence-electron chi connectivity index (χ4n) is 4.18. The molecular weight excluding hydrogens is 296 g/mol. The molecule has 0 aromatic rings. The summed E-state index contributed by atoms with van der Waals surface area (Å²) in [5, 5.41) is 2.97. The van der Waals surface area contributed by atoms with Crippen molar-refractivity contribution in [1.82, 2.24) is 15.1 Å². The minimum absolute atomic E-state index is 0.0771. The third-order valence-electron chi connectivity index (χ3n) is 5.83. The molecule has 2 atom stereocenters. The molecule has 2 saturated heterocycles. The smallest absolute Gasteiger partial charge is 0.326 e. The molecule has 3 fully saturated rings. The molecule has 0 bridgehead atoms. The monoisotopic (exact) mass is 322 g/mol. The van der Waals surface area contributed by atoms with Crippen LogP contribution in [-0.4, -0.2) is 52.9 Å². The Hall–Kier alpha value is -1.63. The summed E-state index contributed by atoms with van der Waals surface area (Å²) in [5.41, 5.74) is 4.65. The number of carbonyl (C=O) groups is 3. The molecule has 4 amide bonds. The molecule has 1 saturated carbocycles. The van der Waals surface area contributed by atoms with Crippen LogP contribution in [-0.2, 0) is 9.59 Å². The Labute approximate surface area is 136 Å². The van der Waals surface area contributed by atoms with Crippen molar-refractivity contribution in [2.45, 2.75) is 51.0 Å². The molecule has 1 spiro atoms. The molecule has 128 valence electrons. The zero-order chi connectivity index (χ0) is 16.6. The van der Waals surface area contributed by atoms with Gasteiger partial charge in [-0.3, -0.25) is 14.5 Å². The number of hydrogen-bond donors (Lipinski definition) is 2. The van der Waals surface area contributed by atoms with Crippen LogP contribution in [0.1, 0.15) is 45.4 Å². The maximum absolute atomic E-state index is 12.9. The summed E-state index contributed by atoms with van der Waals surface area (Å²) in [5.74, 6) is -0.237. The van der Waals surface area contributed by atoms with Crippen molar-refractivity contribution in [2.24, 2.45) is 17.6 Å². The van der Waals surface area contributed by atoms with Crippen LogP contribution in [0.3, 0.4) is 0 Å². The van der Waals surface area contributed by atoms with Crippen molar-refractivity contribution in [3.05, 3.63) is 0 Å². The third-order valence-corrected chi connectivity index (χ3v) is 5.83. The van der Waals surface area contributed by atoms with E-state index in [1.165, 1.54) is 4.90 Å². The predicted octanol–water partition coefficient (Wildman–Crippen LogP) is 0.642. The number of piperidine rings is 1. The maximum Gasteiger partial charge on any atom is 0.326 e. The highest BCUT2D eigenvalue weighted by molar-refractivity contribution is 6.07. The minimum atomic E-state index is -0.694. The van der Waals surface area contributed by atoms with E-state index < -0.39 is 5.54 Å². The van der Waals surface area contributed by atoms with Gasteiger partial charge >= 0.3 is 6.03 Å². The van der Waals surface area contributed by atoms with Crippen LogP contribution in [0.4, 0.5) is 4.79 Å². The number of nitrogens with one attached hydrogen (secondary N) is 1. The molecule has 7 heteroatoms. The number of likely N-dealkylation sites (tertiary alicyclic amines) is 1. The van der Waals surface area contributed by atoms with Gasteiger partial charge in [0.25, 0.3) is 5.91 Å². The lowest BCUT2D eigenvalue weighted by molar-refractivity contribution is -0.136. The first-order chi connectivity index (χ1) is 10.9. The fraction of sp³-hybridized carbons (Fsp3) is 0.812. The van der Waals surface area contributed by atoms with E-state index in [0.717, 1.165) is 25.7 Å². The second kappa shape index (κ2) is 6.11. The van der Waals surface area contributed by atoms with E-state index in [1.807, 2.05) is 0 Å². The van der Waals surface area contributed by atoms with E-state index >= 15 is 0 Å². The highest BCUT2D eigenvalue weighted by Crippen LogP contribution is 2.38. The van der Waals surface area contributed by atoms with E-state index in [0.29, 0.717) is 32.6 Å². The first kappa shape index (κ1) is 16.2. The Morgan fingerprint density at radius 3 is 2.57 bits per heavy atom. The van der Waals surface area contributed by atoms with E-state index in [9.17, 15) is 14.4 Å². The molecule has 2 aliphatic heterocycles. The van der Waals surface area contributed by atoms with E-state index in [2.05, 4.69) is 17.1 Å². The van der Waals surface area contributed by atoms with Gasteiger partial charge in [0.05, 0.1) is 6.67 Å². The molecular formula is C16H26N4O3. The van der Waals surface area contributed by atoms with Gasteiger partial charge in [-0.2, -0.15) is 0 Å². The Balaban J connectivity index is 1.64. The quantitative estimate of drug-likeness (QED) is 0.745. The van der Waals surface area contributed by atoms with Crippen LogP contribution in [0.5, 0.6) is 0 Å². The Morgan fingerprint density at radius 1 is 1.26 bits per heavy atom. The van der Waals surface area contributed by atoms with Crippen LogP contribution < -0.4 is 11.1 Å². The summed E-state index contributed by atoms with van der Waals surface area (Å²) in [4.78, 5) is 39.9. The summed E-state index contributed by atoms with van der Waals surface area (Å²) >= 11 is 0. The number of urea groups is 1. The minimum Gasteiger partial charge on any atom is -0.369 e. The number of carbonyl (C=O) groups excluding carboxylic acids is 3. The van der Waals surface area contributed by atoms with Gasteiger partial charge in [-0.1, -0.05) is 19.8 Å². The summed E-state index contributed by atoms with van der Waals surface area (Å²) in [6.45, 7) is 3.74. The topological polar surface area (TPSA) is 95.7 Å². The molecule has 1 aliphatic carbocycles. The van der Waals surface area contributed by atoms with Gasteiger partial charge in [-0.05, 0) is 31.6 Å². The number of rotatable bonds is 3. The summed E-state index contributed by atoms with van der Waals surface area (Å²) < 4.78 is 0. The van der Waals surface area contributed by atoms with Gasteiger partial charge < -0.3 is 11.1 Å². The number of hydrogen-bond acceptors (Lipinski definition) is 4. The largest absolute Gasteiger partial charge is 0.369 e. The van der Waals surface area contributed by atoms with Crippen molar-refractivity contribution in [2.75, 3.05) is 19.8 Å². The standard InChI is InChI=1S/C16H26N4O3/c1-11-4-2-3-7-16(11)14(22)20(15(23)18-16)10-19-8-5-12(6-9-19)13(17)21/h11-12H,2-10H2,1H3,(H2,17,21)(H,18,23)/t11-,16-/m0/s1. The van der Waals surface area contributed by atoms with Gasteiger partial charge in [0.2, 0.25) is 5.91 Å². The predicted molar refractivity (Wildman–Crippen MR) is 84.1 cm³/mol. The Bertz CT molecular complexity index is 515. The summed E-state index contributed by atoms with van der Waals surface area (Å²) in [6, 6.07) is -0.277. The lowest BCUT2D eigenvalue weighted by Gasteiger charge is -2.37. The molecule has 3 aliphatic rings. The van der Waals surface area contributed by atoms with Crippen molar-refractivity contribution in [3.63, 3.8) is 0 Å². The lowest BCUT2D eigenvalue weighted by atomic mass is 9.73. The average molecular weight is 322 g/mol. The normalized spacial score (nSPS) is 33.3. The maximum atomic E-state index is 12.9. The third kappa shape index (κ3) is 2.82. The Kier molecular flexibility index (Phi) is 4.31. The molecule has 0 aromatic carbocycles. The van der Waals surface area contributed by atoms with Crippen molar-refractivity contribution >= 4 is 17.8 Å². The second-order valence-corrected chi connectivity index (χ2v) is 7.22. The number of amides is 4. The molecule has 0 unspecified atom stereocenters. The van der Waals surface area contributed by atoms with Gasteiger partial charge in [0.15, 0.2) is 0 Å². The molecule has 2 heterocycles. The van der Waals surface area contributed by atoms with Gasteiger partial charge in [0.1, 0.15) is 5.54 Å². The van der Waals surface area contributed by atoms with Gasteiger partial charge in [0, 0.05) is 19.0 Å². The zero-order valence-electron chi connectivity index (χ0n) is 13.7. The van der Waals surface area contributed by atoms with Crippen molar-refractivity contribution in [3.8, 4) is 0 Å². The van der Waals surface area contributed by atoms with Crippen molar-refractivity contribution < 1.29 is 14.4 Å². The summed E-state index contributed by atoms with van der Waals surface area (Å²) in [6.07, 6.45) is 5.20. The van der Waals surface area contributed by atoms with Crippen LogP contribution in [0, 0.1) is 11.8 Å². The highest BCUT2D eigenvalue weighted by Gasteiger charge is 2.55. The molecule has 3 rings (SSSR count). The van der Waals surface area contributed by atoms with Gasteiger partial charge in [-0.15, -0.1) is 0 Å². The lowest BCUT2D eigenvalue weighted by Crippen LogP contribution is -2.54. The number of primary amides is 1. The number of nitrogens with zero attached hydrogens (tertiary/aromatic N) is 2. The molecule has 3 N–H and O–H groups in total. The van der Waals surface area contributed by atoms with Crippen LogP contribution in [0.2, 0.25) is 0 Å². The first-order valence-electron chi connectivity index (χ1n) is 8.60. The van der Waals surface area contributed by atoms with E-state index in [4.69, 9.17) is 5.73 Å². The number of imide groups is 1. The highest BCUT2D eigenvalue weighted by atomic mass is 16.2. The molecule has 0 aromatic heterocycles. The van der Waals surface area contributed by atoms with Crippen LogP contribution in [0.15, 0.2) is 0 Å². The van der Waals surface area contributed by atoms with Gasteiger partial charge in [-0.25, -0.2) is 9.69 Å². The van der Waals surface area contributed by atoms with E-state index in [1.54, 1.807) is 0 Å². The zero-order valence-corrected chi connectivity index (χ0v) is 13.7. The summed E-state index contributed by atoms with van der Waals surface area (Å²) in [7, 11) is 0. The number of nitrogens with two attached hydrogens (primary N) is 1. The second-order valence-electron chi connectivity index (χ2n) is 7.22. The fourth-order valence-corrected chi connectivity index (χ4v) is 4.18. The average Bonchev–Trinajstić information content (AvgIpc) is 2.76. The van der Waals surface area contributed by atoms with E-state index in [-0.39, 0.29) is 29.7 Å². The molecule has 23 heavy (non-hydrogen) atoms.